The van der Waals surface area contributed by atoms with Gasteiger partial charge in [-0.3, -0.25) is 9.69 Å². The van der Waals surface area contributed by atoms with Gasteiger partial charge in [-0.05, 0) is 114 Å². The van der Waals surface area contributed by atoms with E-state index in [1.165, 1.54) is 38.3 Å². The van der Waals surface area contributed by atoms with Gasteiger partial charge in [0.05, 0.1) is 56.8 Å². The van der Waals surface area contributed by atoms with E-state index in [1.54, 1.807) is 4.90 Å². The summed E-state index contributed by atoms with van der Waals surface area (Å²) in [6, 6.07) is 3.92. The number of aliphatic hydroxyl groups is 1. The standard InChI is InChI=1S/C43H62F2N2O6/c1-25-15-31(20-47(26(2)48)19-27-16-28(44)18-29(45)17-27)52-37-36(25)40(5)11-12-43-24-42(43)10-9-34(53-35-21-46(13-14-51-35)30-22-50-23-30)39(3,4)32(42)7-8-33(43)41(40,6)38(37)49/h16-18,25,30-38,49H,7-15,19-24H2,1-6H3/t25-,31?,32+,33?,34?,35?,36+,37?,38+,40-,41-,42-,43+/m1/s1. The number of aliphatic hydroxyl groups excluding tert-OH is 1. The van der Waals surface area contributed by atoms with Gasteiger partial charge in [0.15, 0.2) is 6.29 Å². The maximum absolute atomic E-state index is 14.0. The van der Waals surface area contributed by atoms with E-state index >= 15 is 0 Å². The summed E-state index contributed by atoms with van der Waals surface area (Å²) >= 11 is 0. The van der Waals surface area contributed by atoms with Gasteiger partial charge in [0.2, 0.25) is 5.91 Å². The third-order valence-corrected chi connectivity index (χ3v) is 17.5. The van der Waals surface area contributed by atoms with Crippen LogP contribution in [-0.4, -0.2) is 97.0 Å². The summed E-state index contributed by atoms with van der Waals surface area (Å²) in [6.45, 7) is 18.2. The molecule has 294 valence electrons. The number of hydrogen-bond donors (Lipinski definition) is 1. The van der Waals surface area contributed by atoms with Crippen molar-refractivity contribution in [2.24, 2.45) is 50.7 Å². The average Bonchev–Trinajstić information content (AvgIpc) is 3.69. The molecule has 3 heterocycles. The SMILES string of the molecule is CC(=O)N(Cc1cc(F)cc(F)c1)CC1C[C@@H](C)[C@H]2C(O1)[C@H](O)[C@@]1(C)C3CC[C@H]4C(C)(C)C(OC5CN(C6COC6)CCO5)CC[C@@]45C[C@@]35CC[C@]21C. The Morgan fingerprint density at radius 3 is 2.43 bits per heavy atom. The Hall–Kier alpha value is -1.69. The van der Waals surface area contributed by atoms with E-state index in [1.807, 2.05) is 0 Å². The van der Waals surface area contributed by atoms with E-state index < -0.39 is 17.7 Å². The van der Waals surface area contributed by atoms with Crippen molar-refractivity contribution in [2.45, 2.75) is 136 Å². The van der Waals surface area contributed by atoms with Crippen LogP contribution < -0.4 is 0 Å². The Morgan fingerprint density at radius 1 is 1.02 bits per heavy atom. The predicted octanol–water partition coefficient (Wildman–Crippen LogP) is 6.57. The molecule has 2 spiro atoms. The van der Waals surface area contributed by atoms with Gasteiger partial charge < -0.3 is 29.0 Å². The topological polar surface area (TPSA) is 80.7 Å². The molecule has 0 aromatic heterocycles. The molecule has 9 rings (SSSR count). The molecule has 1 N–H and O–H groups in total. The third kappa shape index (κ3) is 5.34. The van der Waals surface area contributed by atoms with Crippen LogP contribution in [0.2, 0.25) is 0 Å². The molecule has 8 aliphatic rings. The largest absolute Gasteiger partial charge is 0.390 e. The van der Waals surface area contributed by atoms with Crippen LogP contribution in [0.25, 0.3) is 0 Å². The van der Waals surface area contributed by atoms with Gasteiger partial charge >= 0.3 is 0 Å². The summed E-state index contributed by atoms with van der Waals surface area (Å²) in [5.41, 5.74) is 0.665. The number of nitrogens with zero attached hydrogens (tertiary/aromatic N) is 2. The first-order valence-electron chi connectivity index (χ1n) is 20.8. The van der Waals surface area contributed by atoms with Gasteiger partial charge in [0.25, 0.3) is 0 Å². The Morgan fingerprint density at radius 2 is 1.74 bits per heavy atom. The van der Waals surface area contributed by atoms with Crippen LogP contribution in [0.4, 0.5) is 8.78 Å². The van der Waals surface area contributed by atoms with Gasteiger partial charge in [-0.15, -0.1) is 0 Å². The summed E-state index contributed by atoms with van der Waals surface area (Å²) < 4.78 is 53.6. The Kier molecular flexibility index (Phi) is 8.82. The molecule has 5 saturated carbocycles. The molecule has 5 unspecified atom stereocenters. The van der Waals surface area contributed by atoms with Crippen LogP contribution in [0.1, 0.15) is 98.5 Å². The van der Waals surface area contributed by atoms with E-state index in [2.05, 4.69) is 39.5 Å². The molecule has 3 saturated heterocycles. The van der Waals surface area contributed by atoms with Gasteiger partial charge in [0, 0.05) is 38.0 Å². The van der Waals surface area contributed by atoms with E-state index in [-0.39, 0.29) is 64.6 Å². The second-order valence-electron chi connectivity index (χ2n) is 19.9. The summed E-state index contributed by atoms with van der Waals surface area (Å²) in [5.74, 6) is 0.0931. The lowest BCUT2D eigenvalue weighted by Gasteiger charge is -2.64. The van der Waals surface area contributed by atoms with Crippen LogP contribution in [0.5, 0.6) is 0 Å². The molecule has 1 aromatic rings. The number of carbonyl (C=O) groups excluding carboxylic acids is 1. The molecular formula is C43H62F2N2O6. The molecule has 1 aromatic carbocycles. The van der Waals surface area contributed by atoms with Crippen molar-refractivity contribution in [3.05, 3.63) is 35.4 Å². The predicted molar refractivity (Wildman–Crippen MR) is 194 cm³/mol. The third-order valence-electron chi connectivity index (χ3n) is 17.5. The molecule has 8 fully saturated rings. The minimum atomic E-state index is -0.651. The fourth-order valence-electron chi connectivity index (χ4n) is 14.9. The van der Waals surface area contributed by atoms with Crippen molar-refractivity contribution < 1.29 is 37.6 Å². The molecule has 0 radical (unpaired) electrons. The second-order valence-corrected chi connectivity index (χ2v) is 19.9. The lowest BCUT2D eigenvalue weighted by molar-refractivity contribution is -0.256. The van der Waals surface area contributed by atoms with Gasteiger partial charge in [0.1, 0.15) is 11.6 Å². The normalized spacial score (nSPS) is 47.3. The monoisotopic (exact) mass is 740 g/mol. The number of fused-ring (bicyclic) bond motifs is 4. The highest BCUT2D eigenvalue weighted by atomic mass is 19.1. The van der Waals surface area contributed by atoms with Crippen LogP contribution in [-0.2, 0) is 30.3 Å². The minimum Gasteiger partial charge on any atom is -0.390 e. The molecule has 8 nitrogen and oxygen atoms in total. The van der Waals surface area contributed by atoms with Gasteiger partial charge in [-0.1, -0.05) is 34.6 Å². The molecule has 10 heteroatoms. The molecule has 5 aliphatic carbocycles. The van der Waals surface area contributed by atoms with Crippen molar-refractivity contribution in [1.29, 1.82) is 0 Å². The van der Waals surface area contributed by atoms with Crippen LogP contribution >= 0.6 is 0 Å². The maximum Gasteiger partial charge on any atom is 0.219 e. The van der Waals surface area contributed by atoms with Crippen LogP contribution in [0.3, 0.4) is 0 Å². The van der Waals surface area contributed by atoms with E-state index in [9.17, 15) is 18.7 Å². The number of amides is 1. The Labute approximate surface area is 314 Å². The first kappa shape index (κ1) is 36.9. The number of morpholine rings is 1. The number of hydrogen-bond acceptors (Lipinski definition) is 7. The highest BCUT2D eigenvalue weighted by molar-refractivity contribution is 5.73. The number of halogens is 2. The van der Waals surface area contributed by atoms with Crippen molar-refractivity contribution in [3.8, 4) is 0 Å². The van der Waals surface area contributed by atoms with Crippen molar-refractivity contribution in [3.63, 3.8) is 0 Å². The zero-order valence-corrected chi connectivity index (χ0v) is 32.8. The first-order chi connectivity index (χ1) is 25.1. The van der Waals surface area contributed by atoms with Crippen molar-refractivity contribution in [2.75, 3.05) is 39.5 Å². The molecule has 53 heavy (non-hydrogen) atoms. The van der Waals surface area contributed by atoms with Crippen molar-refractivity contribution in [1.82, 2.24) is 9.80 Å². The number of benzene rings is 1. The summed E-state index contributed by atoms with van der Waals surface area (Å²) in [6.07, 6.45) is 7.74. The number of rotatable bonds is 7. The summed E-state index contributed by atoms with van der Waals surface area (Å²) in [5, 5.41) is 12.7. The zero-order valence-electron chi connectivity index (χ0n) is 32.8. The number of ether oxygens (including phenoxy) is 4. The van der Waals surface area contributed by atoms with E-state index in [4.69, 9.17) is 18.9 Å². The van der Waals surface area contributed by atoms with E-state index in [0.717, 1.165) is 64.5 Å². The molecular weight excluding hydrogens is 678 g/mol. The highest BCUT2D eigenvalue weighted by Gasteiger charge is 2.84. The van der Waals surface area contributed by atoms with Gasteiger partial charge in [-0.25, -0.2) is 8.78 Å². The smallest absolute Gasteiger partial charge is 0.219 e. The fraction of sp³-hybridized carbons (Fsp3) is 0.837. The fourth-order valence-corrected chi connectivity index (χ4v) is 14.9. The lowest BCUT2D eigenvalue weighted by atomic mass is 9.41. The second kappa shape index (κ2) is 12.7. The van der Waals surface area contributed by atoms with Gasteiger partial charge in [-0.2, -0.15) is 0 Å². The summed E-state index contributed by atoms with van der Waals surface area (Å²) in [4.78, 5) is 16.9. The molecule has 1 amide bonds. The lowest BCUT2D eigenvalue weighted by Crippen LogP contribution is -2.60. The first-order valence-corrected chi connectivity index (χ1v) is 20.8. The highest BCUT2D eigenvalue weighted by Crippen LogP contribution is 2.89. The number of carbonyl (C=O) groups is 1. The molecule has 13 atom stereocenters. The van der Waals surface area contributed by atoms with E-state index in [0.29, 0.717) is 47.9 Å². The Bertz CT molecular complexity index is 1590. The average molecular weight is 741 g/mol. The zero-order chi connectivity index (χ0) is 37.3. The molecule has 0 bridgehead atoms. The summed E-state index contributed by atoms with van der Waals surface area (Å²) in [7, 11) is 0. The van der Waals surface area contributed by atoms with Crippen molar-refractivity contribution >= 4 is 5.91 Å². The van der Waals surface area contributed by atoms with Crippen LogP contribution in [0, 0.1) is 62.4 Å². The minimum absolute atomic E-state index is 0.0343. The quantitative estimate of drug-likeness (QED) is 0.339. The maximum atomic E-state index is 14.0. The molecule has 3 aliphatic heterocycles. The Balaban J connectivity index is 0.918. The van der Waals surface area contributed by atoms with Crippen LogP contribution in [0.15, 0.2) is 18.2 Å².